The summed E-state index contributed by atoms with van der Waals surface area (Å²) in [5, 5.41) is 5.95. The van der Waals surface area contributed by atoms with Crippen molar-refractivity contribution in [3.05, 3.63) is 59.9 Å². The Morgan fingerprint density at radius 2 is 1.92 bits per heavy atom. The van der Waals surface area contributed by atoms with E-state index in [1.165, 1.54) is 37.4 Å². The second-order valence-corrected chi connectivity index (χ2v) is 6.07. The van der Waals surface area contributed by atoms with E-state index in [-0.39, 0.29) is 11.0 Å². The minimum Gasteiger partial charge on any atom is -0.332 e. The average molecular weight is 341 g/mol. The molecule has 2 aromatic rings. The first kappa shape index (κ1) is 18.1. The molecule has 4 nitrogen and oxygen atoms in total. The van der Waals surface area contributed by atoms with Crippen LogP contribution in [0.15, 0.2) is 48.8 Å². The number of hydrogen-bond acceptors (Lipinski definition) is 3. The standard InChI is InChI=1S/C19H23N3OS/c1-2-3-4-5-7-15-9-11-17(12-10-15)21-19(24)22-18(23)16-8-6-13-20-14-16/h6,8-14H,2-5,7H2,1H3,(H2,21,22,23,24). The number of aromatic nitrogens is 1. The van der Waals surface area contributed by atoms with Gasteiger partial charge in [-0.3, -0.25) is 15.1 Å². The van der Waals surface area contributed by atoms with Crippen LogP contribution in [-0.2, 0) is 6.42 Å². The number of carbonyl (C=O) groups excluding carboxylic acids is 1. The number of pyridine rings is 1. The molecule has 1 amide bonds. The number of unbranched alkanes of at least 4 members (excludes halogenated alkanes) is 3. The fourth-order valence-corrected chi connectivity index (χ4v) is 2.56. The molecular weight excluding hydrogens is 318 g/mol. The Morgan fingerprint density at radius 1 is 1.12 bits per heavy atom. The van der Waals surface area contributed by atoms with Gasteiger partial charge in [-0.15, -0.1) is 0 Å². The van der Waals surface area contributed by atoms with Gasteiger partial charge in [0.25, 0.3) is 5.91 Å². The van der Waals surface area contributed by atoms with Gasteiger partial charge in [-0.05, 0) is 54.9 Å². The Hall–Kier alpha value is -2.27. The van der Waals surface area contributed by atoms with Gasteiger partial charge in [-0.2, -0.15) is 0 Å². The third-order valence-corrected chi connectivity index (χ3v) is 3.89. The topological polar surface area (TPSA) is 54.0 Å². The maximum atomic E-state index is 12.0. The van der Waals surface area contributed by atoms with Gasteiger partial charge in [0.2, 0.25) is 0 Å². The number of aryl methyl sites for hydroxylation is 1. The third-order valence-electron chi connectivity index (χ3n) is 3.68. The SMILES string of the molecule is CCCCCCc1ccc(NC(=S)NC(=O)c2cccnc2)cc1. The molecule has 0 radical (unpaired) electrons. The van der Waals surface area contributed by atoms with Crippen LogP contribution in [0.1, 0.15) is 48.5 Å². The monoisotopic (exact) mass is 341 g/mol. The molecule has 5 heteroatoms. The fourth-order valence-electron chi connectivity index (χ4n) is 2.35. The highest BCUT2D eigenvalue weighted by atomic mass is 32.1. The number of thiocarbonyl (C=S) groups is 1. The van der Waals surface area contributed by atoms with E-state index in [9.17, 15) is 4.79 Å². The molecule has 0 aliphatic heterocycles. The van der Waals surface area contributed by atoms with Crippen LogP contribution in [0.4, 0.5) is 5.69 Å². The van der Waals surface area contributed by atoms with Crippen LogP contribution in [0.25, 0.3) is 0 Å². The van der Waals surface area contributed by atoms with Gasteiger partial charge in [0.05, 0.1) is 5.56 Å². The molecule has 2 rings (SSSR count). The second-order valence-electron chi connectivity index (χ2n) is 5.66. The summed E-state index contributed by atoms with van der Waals surface area (Å²) < 4.78 is 0. The summed E-state index contributed by atoms with van der Waals surface area (Å²) in [5.41, 5.74) is 2.66. The predicted octanol–water partition coefficient (Wildman–Crippen LogP) is 4.33. The van der Waals surface area contributed by atoms with Crippen LogP contribution in [0.5, 0.6) is 0 Å². The number of amides is 1. The molecule has 0 spiro atoms. The lowest BCUT2D eigenvalue weighted by Gasteiger charge is -2.10. The predicted molar refractivity (Wildman–Crippen MR) is 102 cm³/mol. The molecule has 0 saturated carbocycles. The maximum Gasteiger partial charge on any atom is 0.258 e. The van der Waals surface area contributed by atoms with Crippen LogP contribution < -0.4 is 10.6 Å². The average Bonchev–Trinajstić information content (AvgIpc) is 2.61. The molecule has 126 valence electrons. The van der Waals surface area contributed by atoms with Crippen LogP contribution in [-0.4, -0.2) is 16.0 Å². The van der Waals surface area contributed by atoms with Gasteiger partial charge in [-0.1, -0.05) is 38.3 Å². The van der Waals surface area contributed by atoms with E-state index < -0.39 is 0 Å². The number of hydrogen-bond donors (Lipinski definition) is 2. The molecule has 0 aliphatic rings. The Balaban J connectivity index is 1.80. The summed E-state index contributed by atoms with van der Waals surface area (Å²) >= 11 is 5.18. The van der Waals surface area contributed by atoms with E-state index in [2.05, 4.69) is 34.7 Å². The molecule has 1 heterocycles. The molecular formula is C19H23N3OS. The lowest BCUT2D eigenvalue weighted by molar-refractivity contribution is 0.0977. The zero-order chi connectivity index (χ0) is 17.2. The molecule has 0 saturated heterocycles. The van der Waals surface area contributed by atoms with Crippen molar-refractivity contribution in [3.8, 4) is 0 Å². The van der Waals surface area contributed by atoms with Crippen molar-refractivity contribution in [1.29, 1.82) is 0 Å². The molecule has 2 N–H and O–H groups in total. The van der Waals surface area contributed by atoms with Gasteiger partial charge in [0.15, 0.2) is 5.11 Å². The summed E-state index contributed by atoms with van der Waals surface area (Å²) in [6, 6.07) is 11.6. The number of nitrogens with zero attached hydrogens (tertiary/aromatic N) is 1. The van der Waals surface area contributed by atoms with Crippen molar-refractivity contribution in [1.82, 2.24) is 10.3 Å². The number of anilines is 1. The number of carbonyl (C=O) groups is 1. The van der Waals surface area contributed by atoms with E-state index in [0.29, 0.717) is 5.56 Å². The van der Waals surface area contributed by atoms with Gasteiger partial charge in [-0.25, -0.2) is 0 Å². The van der Waals surface area contributed by atoms with Crippen LogP contribution in [0.2, 0.25) is 0 Å². The highest BCUT2D eigenvalue weighted by Crippen LogP contribution is 2.13. The fraction of sp³-hybridized carbons (Fsp3) is 0.316. The largest absolute Gasteiger partial charge is 0.332 e. The smallest absolute Gasteiger partial charge is 0.258 e. The van der Waals surface area contributed by atoms with Crippen molar-refractivity contribution in [2.45, 2.75) is 39.0 Å². The minimum atomic E-state index is -0.270. The van der Waals surface area contributed by atoms with E-state index >= 15 is 0 Å². The first-order chi connectivity index (χ1) is 11.7. The number of benzene rings is 1. The Kier molecular flexibility index (Phi) is 7.36. The lowest BCUT2D eigenvalue weighted by atomic mass is 10.1. The zero-order valence-corrected chi connectivity index (χ0v) is 14.7. The molecule has 0 aliphatic carbocycles. The Labute approximate surface area is 148 Å². The van der Waals surface area contributed by atoms with Crippen LogP contribution >= 0.6 is 12.2 Å². The van der Waals surface area contributed by atoms with E-state index in [4.69, 9.17) is 12.2 Å². The first-order valence-corrected chi connectivity index (χ1v) is 8.71. The normalized spacial score (nSPS) is 10.2. The van der Waals surface area contributed by atoms with Crippen molar-refractivity contribution in [2.24, 2.45) is 0 Å². The number of rotatable bonds is 7. The minimum absolute atomic E-state index is 0.270. The van der Waals surface area contributed by atoms with Crippen molar-refractivity contribution >= 4 is 28.9 Å². The quantitative estimate of drug-likeness (QED) is 0.581. The summed E-state index contributed by atoms with van der Waals surface area (Å²) in [5.74, 6) is -0.270. The first-order valence-electron chi connectivity index (χ1n) is 8.30. The van der Waals surface area contributed by atoms with E-state index in [1.54, 1.807) is 18.3 Å². The third kappa shape index (κ3) is 6.08. The highest BCUT2D eigenvalue weighted by molar-refractivity contribution is 7.80. The number of nitrogens with one attached hydrogen (secondary N) is 2. The molecule has 1 aromatic heterocycles. The summed E-state index contributed by atoms with van der Waals surface area (Å²) in [4.78, 5) is 15.9. The molecule has 0 fully saturated rings. The van der Waals surface area contributed by atoms with Crippen molar-refractivity contribution in [3.63, 3.8) is 0 Å². The Bertz CT molecular complexity index is 656. The maximum absolute atomic E-state index is 12.0. The van der Waals surface area contributed by atoms with Crippen LogP contribution in [0.3, 0.4) is 0 Å². The van der Waals surface area contributed by atoms with E-state index in [0.717, 1.165) is 12.1 Å². The molecule has 1 aromatic carbocycles. The van der Waals surface area contributed by atoms with Gasteiger partial charge in [0.1, 0.15) is 0 Å². The Morgan fingerprint density at radius 3 is 2.58 bits per heavy atom. The van der Waals surface area contributed by atoms with Crippen molar-refractivity contribution in [2.75, 3.05) is 5.32 Å². The highest BCUT2D eigenvalue weighted by Gasteiger charge is 2.07. The molecule has 0 unspecified atom stereocenters. The summed E-state index contributed by atoms with van der Waals surface area (Å²) in [7, 11) is 0. The second kappa shape index (κ2) is 9.78. The van der Waals surface area contributed by atoms with E-state index in [1.807, 2.05) is 12.1 Å². The lowest BCUT2D eigenvalue weighted by Crippen LogP contribution is -2.34. The molecule has 24 heavy (non-hydrogen) atoms. The van der Waals surface area contributed by atoms with Gasteiger partial charge in [0, 0.05) is 18.1 Å². The van der Waals surface area contributed by atoms with Crippen LogP contribution in [0, 0.1) is 0 Å². The molecule has 0 atom stereocenters. The van der Waals surface area contributed by atoms with Gasteiger partial charge >= 0.3 is 0 Å². The summed E-state index contributed by atoms with van der Waals surface area (Å²) in [6.07, 6.45) is 9.28. The summed E-state index contributed by atoms with van der Waals surface area (Å²) in [6.45, 7) is 2.22. The zero-order valence-electron chi connectivity index (χ0n) is 13.9. The van der Waals surface area contributed by atoms with Crippen molar-refractivity contribution < 1.29 is 4.79 Å². The van der Waals surface area contributed by atoms with Gasteiger partial charge < -0.3 is 5.32 Å². The molecule has 0 bridgehead atoms.